The number of benzene rings is 1. The SMILES string of the molecule is C=Cc1ccc(O)c(C2CC(O)CC(CO)O2)c1C=C. The van der Waals surface area contributed by atoms with E-state index >= 15 is 0 Å². The van der Waals surface area contributed by atoms with Crippen LogP contribution in [0.25, 0.3) is 12.2 Å². The Hall–Kier alpha value is -1.62. The van der Waals surface area contributed by atoms with Crippen LogP contribution in [0.1, 0.15) is 35.6 Å². The zero-order chi connectivity index (χ0) is 14.7. The van der Waals surface area contributed by atoms with Crippen molar-refractivity contribution in [1.29, 1.82) is 0 Å². The van der Waals surface area contributed by atoms with Crippen molar-refractivity contribution in [3.8, 4) is 5.75 Å². The molecule has 3 N–H and O–H groups in total. The Morgan fingerprint density at radius 3 is 2.60 bits per heavy atom. The van der Waals surface area contributed by atoms with Gasteiger partial charge in [0, 0.05) is 18.4 Å². The van der Waals surface area contributed by atoms with Crippen molar-refractivity contribution >= 4 is 12.2 Å². The lowest BCUT2D eigenvalue weighted by Gasteiger charge is -2.33. The van der Waals surface area contributed by atoms with Crippen LogP contribution < -0.4 is 0 Å². The lowest BCUT2D eigenvalue weighted by molar-refractivity contribution is -0.114. The summed E-state index contributed by atoms with van der Waals surface area (Å²) in [5.74, 6) is 0.0984. The molecule has 1 heterocycles. The molecule has 0 spiro atoms. The first-order chi connectivity index (χ1) is 9.60. The van der Waals surface area contributed by atoms with Gasteiger partial charge in [0.25, 0.3) is 0 Å². The van der Waals surface area contributed by atoms with Gasteiger partial charge in [-0.15, -0.1) is 0 Å². The molecule has 1 aromatic carbocycles. The Morgan fingerprint density at radius 1 is 1.25 bits per heavy atom. The van der Waals surface area contributed by atoms with E-state index in [1.807, 2.05) is 0 Å². The van der Waals surface area contributed by atoms with Crippen LogP contribution in [0.3, 0.4) is 0 Å². The molecule has 3 unspecified atom stereocenters. The molecule has 2 rings (SSSR count). The predicted octanol–water partition coefficient (Wildman–Crippen LogP) is 2.25. The molecule has 1 aliphatic heterocycles. The fourth-order valence-electron chi connectivity index (χ4n) is 2.68. The molecule has 1 saturated heterocycles. The fourth-order valence-corrected chi connectivity index (χ4v) is 2.68. The van der Waals surface area contributed by atoms with Gasteiger partial charge >= 0.3 is 0 Å². The van der Waals surface area contributed by atoms with Crippen molar-refractivity contribution in [1.82, 2.24) is 0 Å². The smallest absolute Gasteiger partial charge is 0.122 e. The molecular weight excluding hydrogens is 256 g/mol. The fraction of sp³-hybridized carbons (Fsp3) is 0.375. The highest BCUT2D eigenvalue weighted by Gasteiger charge is 2.31. The van der Waals surface area contributed by atoms with Gasteiger partial charge in [-0.2, -0.15) is 0 Å². The Kier molecular flexibility index (Phi) is 4.60. The molecule has 0 radical (unpaired) electrons. The van der Waals surface area contributed by atoms with E-state index in [4.69, 9.17) is 4.74 Å². The molecule has 0 bridgehead atoms. The summed E-state index contributed by atoms with van der Waals surface area (Å²) in [5.41, 5.74) is 2.18. The molecule has 1 aliphatic rings. The second-order valence-electron chi connectivity index (χ2n) is 4.96. The van der Waals surface area contributed by atoms with Gasteiger partial charge in [0.2, 0.25) is 0 Å². The summed E-state index contributed by atoms with van der Waals surface area (Å²) in [7, 11) is 0. The van der Waals surface area contributed by atoms with E-state index < -0.39 is 18.3 Å². The second kappa shape index (κ2) is 6.22. The molecule has 0 aliphatic carbocycles. The number of aliphatic hydroxyl groups is 2. The number of ether oxygens (including phenoxy) is 1. The molecule has 4 heteroatoms. The molecule has 0 amide bonds. The summed E-state index contributed by atoms with van der Waals surface area (Å²) >= 11 is 0. The number of rotatable bonds is 4. The third-order valence-electron chi connectivity index (χ3n) is 3.63. The van der Waals surface area contributed by atoms with Gasteiger partial charge < -0.3 is 20.1 Å². The van der Waals surface area contributed by atoms with E-state index in [0.717, 1.165) is 11.1 Å². The van der Waals surface area contributed by atoms with Crippen LogP contribution >= 0.6 is 0 Å². The number of aliphatic hydroxyl groups excluding tert-OH is 2. The minimum absolute atomic E-state index is 0.0984. The summed E-state index contributed by atoms with van der Waals surface area (Å²) in [5, 5.41) is 29.3. The minimum Gasteiger partial charge on any atom is -0.508 e. The Balaban J connectivity index is 2.45. The zero-order valence-electron chi connectivity index (χ0n) is 11.3. The topological polar surface area (TPSA) is 69.9 Å². The first-order valence-corrected chi connectivity index (χ1v) is 6.65. The quantitative estimate of drug-likeness (QED) is 0.789. The van der Waals surface area contributed by atoms with Gasteiger partial charge in [-0.1, -0.05) is 31.4 Å². The number of aromatic hydroxyl groups is 1. The van der Waals surface area contributed by atoms with Crippen LogP contribution in [0, 0.1) is 0 Å². The van der Waals surface area contributed by atoms with Gasteiger partial charge in [-0.3, -0.25) is 0 Å². The van der Waals surface area contributed by atoms with Gasteiger partial charge in [0.15, 0.2) is 0 Å². The minimum atomic E-state index is -0.560. The van der Waals surface area contributed by atoms with Crippen molar-refractivity contribution in [2.45, 2.75) is 31.2 Å². The molecule has 4 nitrogen and oxygen atoms in total. The van der Waals surface area contributed by atoms with Crippen molar-refractivity contribution in [3.63, 3.8) is 0 Å². The second-order valence-corrected chi connectivity index (χ2v) is 4.96. The number of hydrogen-bond acceptors (Lipinski definition) is 4. The molecule has 20 heavy (non-hydrogen) atoms. The molecule has 0 saturated carbocycles. The van der Waals surface area contributed by atoms with Gasteiger partial charge in [-0.25, -0.2) is 0 Å². The van der Waals surface area contributed by atoms with E-state index in [1.54, 1.807) is 24.3 Å². The largest absolute Gasteiger partial charge is 0.508 e. The molecule has 3 atom stereocenters. The summed E-state index contributed by atoms with van der Waals surface area (Å²) in [6.45, 7) is 7.36. The molecule has 108 valence electrons. The Morgan fingerprint density at radius 2 is 2.00 bits per heavy atom. The van der Waals surface area contributed by atoms with Gasteiger partial charge in [0.1, 0.15) is 5.75 Å². The summed E-state index contributed by atoms with van der Waals surface area (Å²) < 4.78 is 5.76. The van der Waals surface area contributed by atoms with Gasteiger partial charge in [-0.05, 0) is 17.2 Å². The van der Waals surface area contributed by atoms with Gasteiger partial charge in [0.05, 0.1) is 24.9 Å². The lowest BCUT2D eigenvalue weighted by Crippen LogP contribution is -2.33. The van der Waals surface area contributed by atoms with Crippen molar-refractivity contribution < 1.29 is 20.1 Å². The Labute approximate surface area is 118 Å². The van der Waals surface area contributed by atoms with Crippen LogP contribution in [-0.2, 0) is 4.74 Å². The lowest BCUT2D eigenvalue weighted by atomic mass is 9.90. The third-order valence-corrected chi connectivity index (χ3v) is 3.63. The Bertz CT molecular complexity index is 509. The van der Waals surface area contributed by atoms with Crippen LogP contribution in [0.2, 0.25) is 0 Å². The number of phenolic OH excluding ortho intramolecular Hbond substituents is 1. The highest BCUT2D eigenvalue weighted by molar-refractivity contribution is 5.69. The highest BCUT2D eigenvalue weighted by Crippen LogP contribution is 2.39. The normalized spacial score (nSPS) is 26.2. The molecule has 1 fully saturated rings. The maximum absolute atomic E-state index is 10.1. The molecule has 0 aromatic heterocycles. The number of hydrogen-bond donors (Lipinski definition) is 3. The summed E-state index contributed by atoms with van der Waals surface area (Å²) in [6, 6.07) is 3.34. The van der Waals surface area contributed by atoms with Crippen LogP contribution in [-0.4, -0.2) is 34.1 Å². The maximum atomic E-state index is 10.1. The zero-order valence-corrected chi connectivity index (χ0v) is 11.3. The van der Waals surface area contributed by atoms with E-state index in [-0.39, 0.29) is 12.4 Å². The number of phenols is 1. The van der Waals surface area contributed by atoms with Crippen molar-refractivity contribution in [2.75, 3.05) is 6.61 Å². The van der Waals surface area contributed by atoms with E-state index in [9.17, 15) is 15.3 Å². The van der Waals surface area contributed by atoms with Crippen LogP contribution in [0.4, 0.5) is 0 Å². The average Bonchev–Trinajstić information content (AvgIpc) is 2.45. The standard InChI is InChI=1S/C16H20O4/c1-3-10-5-6-14(19)16(13(10)4-2)15-8-11(18)7-12(9-17)20-15/h3-6,11-12,15,17-19H,1-2,7-9H2. The first-order valence-electron chi connectivity index (χ1n) is 6.65. The monoisotopic (exact) mass is 276 g/mol. The predicted molar refractivity (Wildman–Crippen MR) is 78.2 cm³/mol. The third kappa shape index (κ3) is 2.77. The van der Waals surface area contributed by atoms with Crippen LogP contribution in [0.15, 0.2) is 25.3 Å². The van der Waals surface area contributed by atoms with E-state index in [0.29, 0.717) is 18.4 Å². The molecule has 1 aromatic rings. The van der Waals surface area contributed by atoms with Crippen molar-refractivity contribution in [3.05, 3.63) is 42.0 Å². The van der Waals surface area contributed by atoms with Crippen molar-refractivity contribution in [2.24, 2.45) is 0 Å². The molecular formula is C16H20O4. The highest BCUT2D eigenvalue weighted by atomic mass is 16.5. The average molecular weight is 276 g/mol. The summed E-state index contributed by atoms with van der Waals surface area (Å²) in [4.78, 5) is 0. The summed E-state index contributed by atoms with van der Waals surface area (Å²) in [6.07, 6.45) is 2.66. The van der Waals surface area contributed by atoms with Crippen LogP contribution in [0.5, 0.6) is 5.75 Å². The first kappa shape index (κ1) is 14.8. The van der Waals surface area contributed by atoms with E-state index in [1.165, 1.54) is 0 Å². The van der Waals surface area contributed by atoms with E-state index in [2.05, 4.69) is 13.2 Å². The maximum Gasteiger partial charge on any atom is 0.122 e.